The summed E-state index contributed by atoms with van der Waals surface area (Å²) in [6.45, 7) is 3.97. The molecule has 0 radical (unpaired) electrons. The second-order valence-corrected chi connectivity index (χ2v) is 5.79. The van der Waals surface area contributed by atoms with Gasteiger partial charge in [-0.3, -0.25) is 4.68 Å². The molecule has 3 rings (SSSR count). The van der Waals surface area contributed by atoms with Crippen molar-refractivity contribution in [3.63, 3.8) is 0 Å². The van der Waals surface area contributed by atoms with E-state index >= 15 is 0 Å². The summed E-state index contributed by atoms with van der Waals surface area (Å²) in [5, 5.41) is 7.14. The molecular weight excluding hydrogens is 284 g/mol. The van der Waals surface area contributed by atoms with E-state index in [0.717, 1.165) is 22.0 Å². The van der Waals surface area contributed by atoms with Gasteiger partial charge in [0.1, 0.15) is 5.01 Å². The summed E-state index contributed by atoms with van der Waals surface area (Å²) < 4.78 is 7.36. The monoisotopic (exact) mass is 300 g/mol. The molecule has 108 valence electrons. The highest BCUT2D eigenvalue weighted by atomic mass is 32.1. The molecule has 3 aromatic rings. The van der Waals surface area contributed by atoms with Gasteiger partial charge in [0.15, 0.2) is 0 Å². The molecule has 0 atom stereocenters. The number of aryl methyl sites for hydroxylation is 1. The topological polar surface area (TPSA) is 52.8 Å². The molecular formula is C15H16N4OS. The molecule has 0 aromatic carbocycles. The summed E-state index contributed by atoms with van der Waals surface area (Å²) in [5.74, 6) is 0.636. The molecule has 0 bridgehead atoms. The van der Waals surface area contributed by atoms with E-state index in [-0.39, 0.29) is 6.10 Å². The molecule has 0 spiro atoms. The van der Waals surface area contributed by atoms with E-state index in [1.54, 1.807) is 23.7 Å². The molecule has 0 aliphatic heterocycles. The number of ether oxygens (including phenoxy) is 1. The third kappa shape index (κ3) is 2.95. The van der Waals surface area contributed by atoms with Crippen molar-refractivity contribution in [2.45, 2.75) is 20.0 Å². The Morgan fingerprint density at radius 1 is 1.24 bits per heavy atom. The van der Waals surface area contributed by atoms with E-state index < -0.39 is 0 Å². The Morgan fingerprint density at radius 3 is 2.71 bits per heavy atom. The molecule has 0 fully saturated rings. The average molecular weight is 300 g/mol. The van der Waals surface area contributed by atoms with Crippen LogP contribution in [0.5, 0.6) is 5.88 Å². The third-order valence-electron chi connectivity index (χ3n) is 2.93. The molecule has 5 nitrogen and oxygen atoms in total. The standard InChI is InChI=1S/C15H16N4OS/c1-10(2)20-14-5-4-11(8-16-14)15-18-12(9-21-15)13-6-7-17-19(13)3/h4-10H,1-3H3. The highest BCUT2D eigenvalue weighted by Crippen LogP contribution is 2.28. The lowest BCUT2D eigenvalue weighted by Crippen LogP contribution is -2.06. The first-order valence-corrected chi connectivity index (χ1v) is 7.58. The van der Waals surface area contributed by atoms with Crippen LogP contribution in [0.4, 0.5) is 0 Å². The van der Waals surface area contributed by atoms with Gasteiger partial charge in [0.05, 0.1) is 17.5 Å². The number of hydrogen-bond acceptors (Lipinski definition) is 5. The van der Waals surface area contributed by atoms with Gasteiger partial charge in [-0.25, -0.2) is 9.97 Å². The summed E-state index contributed by atoms with van der Waals surface area (Å²) in [5.41, 5.74) is 2.92. The van der Waals surface area contributed by atoms with Gasteiger partial charge in [0, 0.05) is 36.5 Å². The smallest absolute Gasteiger partial charge is 0.213 e. The molecule has 6 heteroatoms. The molecule has 0 saturated carbocycles. The summed E-state index contributed by atoms with van der Waals surface area (Å²) in [4.78, 5) is 8.96. The number of aromatic nitrogens is 4. The van der Waals surface area contributed by atoms with Crippen LogP contribution in [0, 0.1) is 0 Å². The highest BCUT2D eigenvalue weighted by Gasteiger charge is 2.10. The zero-order chi connectivity index (χ0) is 14.8. The number of pyridine rings is 1. The SMILES string of the molecule is CC(C)Oc1ccc(-c2nc(-c3ccnn3C)cs2)cn1. The average Bonchev–Trinajstić information content (AvgIpc) is 3.07. The Kier molecular flexibility index (Phi) is 3.70. The molecule has 0 amide bonds. The van der Waals surface area contributed by atoms with Crippen LogP contribution in [-0.4, -0.2) is 25.9 Å². The van der Waals surface area contributed by atoms with Crippen molar-refractivity contribution in [2.75, 3.05) is 0 Å². The lowest BCUT2D eigenvalue weighted by Gasteiger charge is -2.08. The lowest BCUT2D eigenvalue weighted by molar-refractivity contribution is 0.232. The predicted molar refractivity (Wildman–Crippen MR) is 83.3 cm³/mol. The molecule has 3 heterocycles. The Hall–Kier alpha value is -2.21. The van der Waals surface area contributed by atoms with E-state index in [9.17, 15) is 0 Å². The van der Waals surface area contributed by atoms with Crippen molar-refractivity contribution >= 4 is 11.3 Å². The third-order valence-corrected chi connectivity index (χ3v) is 3.82. The first kappa shape index (κ1) is 13.8. The zero-order valence-corrected chi connectivity index (χ0v) is 13.0. The largest absolute Gasteiger partial charge is 0.475 e. The number of thiazole rings is 1. The van der Waals surface area contributed by atoms with Gasteiger partial charge in [-0.2, -0.15) is 5.10 Å². The lowest BCUT2D eigenvalue weighted by atomic mass is 10.3. The molecule has 0 unspecified atom stereocenters. The summed E-state index contributed by atoms with van der Waals surface area (Å²) in [6.07, 6.45) is 3.69. The van der Waals surface area contributed by atoms with E-state index in [1.165, 1.54) is 0 Å². The maximum atomic E-state index is 5.55. The molecule has 3 aromatic heterocycles. The minimum absolute atomic E-state index is 0.125. The van der Waals surface area contributed by atoms with Gasteiger partial charge < -0.3 is 4.74 Å². The van der Waals surface area contributed by atoms with Crippen LogP contribution in [0.3, 0.4) is 0 Å². The Labute approximate surface area is 127 Å². The zero-order valence-electron chi connectivity index (χ0n) is 12.1. The van der Waals surface area contributed by atoms with Crippen molar-refractivity contribution in [3.05, 3.63) is 36.0 Å². The highest BCUT2D eigenvalue weighted by molar-refractivity contribution is 7.13. The van der Waals surface area contributed by atoms with Crippen molar-refractivity contribution in [2.24, 2.45) is 7.05 Å². The van der Waals surface area contributed by atoms with Crippen LogP contribution in [-0.2, 0) is 7.05 Å². The molecule has 0 saturated heterocycles. The van der Waals surface area contributed by atoms with Crippen LogP contribution in [0.25, 0.3) is 22.0 Å². The fourth-order valence-corrected chi connectivity index (χ4v) is 2.77. The Bertz CT molecular complexity index is 730. The maximum absolute atomic E-state index is 5.55. The predicted octanol–water partition coefficient (Wildman–Crippen LogP) is 3.39. The number of hydrogen-bond donors (Lipinski definition) is 0. The van der Waals surface area contributed by atoms with Crippen LogP contribution < -0.4 is 4.74 Å². The summed E-state index contributed by atoms with van der Waals surface area (Å²) in [7, 11) is 1.91. The first-order chi connectivity index (χ1) is 10.1. The second kappa shape index (κ2) is 5.65. The number of nitrogens with zero attached hydrogens (tertiary/aromatic N) is 4. The number of rotatable bonds is 4. The van der Waals surface area contributed by atoms with Crippen LogP contribution in [0.1, 0.15) is 13.8 Å². The van der Waals surface area contributed by atoms with Gasteiger partial charge in [-0.05, 0) is 26.0 Å². The van der Waals surface area contributed by atoms with E-state index in [0.29, 0.717) is 5.88 Å². The van der Waals surface area contributed by atoms with Crippen molar-refractivity contribution in [3.8, 4) is 27.8 Å². The minimum Gasteiger partial charge on any atom is -0.475 e. The fraction of sp³-hybridized carbons (Fsp3) is 0.267. The van der Waals surface area contributed by atoms with E-state index in [4.69, 9.17) is 4.74 Å². The van der Waals surface area contributed by atoms with Gasteiger partial charge in [-0.1, -0.05) is 0 Å². The maximum Gasteiger partial charge on any atom is 0.213 e. The molecule has 0 aliphatic carbocycles. The Balaban J connectivity index is 1.85. The Morgan fingerprint density at radius 2 is 2.10 bits per heavy atom. The van der Waals surface area contributed by atoms with Gasteiger partial charge >= 0.3 is 0 Å². The summed E-state index contributed by atoms with van der Waals surface area (Å²) in [6, 6.07) is 5.81. The molecule has 0 aliphatic rings. The first-order valence-electron chi connectivity index (χ1n) is 6.70. The second-order valence-electron chi connectivity index (χ2n) is 4.93. The van der Waals surface area contributed by atoms with Gasteiger partial charge in [-0.15, -0.1) is 11.3 Å². The van der Waals surface area contributed by atoms with Crippen molar-refractivity contribution < 1.29 is 4.74 Å². The van der Waals surface area contributed by atoms with Gasteiger partial charge in [0.2, 0.25) is 5.88 Å². The van der Waals surface area contributed by atoms with Crippen LogP contribution in [0.2, 0.25) is 0 Å². The fourth-order valence-electron chi connectivity index (χ4n) is 1.97. The van der Waals surface area contributed by atoms with E-state index in [2.05, 4.69) is 15.1 Å². The minimum atomic E-state index is 0.125. The molecule has 0 N–H and O–H groups in total. The van der Waals surface area contributed by atoms with E-state index in [1.807, 2.05) is 49.2 Å². The summed E-state index contributed by atoms with van der Waals surface area (Å²) >= 11 is 1.60. The quantitative estimate of drug-likeness (QED) is 0.741. The molecule has 21 heavy (non-hydrogen) atoms. The van der Waals surface area contributed by atoms with Crippen LogP contribution >= 0.6 is 11.3 Å². The van der Waals surface area contributed by atoms with Gasteiger partial charge in [0.25, 0.3) is 0 Å². The van der Waals surface area contributed by atoms with Crippen molar-refractivity contribution in [1.29, 1.82) is 0 Å². The van der Waals surface area contributed by atoms with Crippen LogP contribution in [0.15, 0.2) is 36.0 Å². The van der Waals surface area contributed by atoms with Crippen molar-refractivity contribution in [1.82, 2.24) is 19.7 Å². The normalized spacial score (nSPS) is 11.0.